The number of amides is 1. The molecule has 1 aliphatic rings. The summed E-state index contributed by atoms with van der Waals surface area (Å²) in [6, 6.07) is 9.42. The van der Waals surface area contributed by atoms with Gasteiger partial charge in [0.2, 0.25) is 0 Å². The van der Waals surface area contributed by atoms with Crippen molar-refractivity contribution in [2.45, 2.75) is 12.5 Å². The van der Waals surface area contributed by atoms with Gasteiger partial charge in [-0.25, -0.2) is 9.97 Å². The molecule has 4 aromatic heterocycles. The van der Waals surface area contributed by atoms with Crippen LogP contribution in [0.25, 0.3) is 22.6 Å². The number of imidazole rings is 1. The normalized spacial score (nSPS) is 16.9. The van der Waals surface area contributed by atoms with Gasteiger partial charge in [0.15, 0.2) is 5.65 Å². The van der Waals surface area contributed by atoms with Gasteiger partial charge in [-0.15, -0.1) is 0 Å². The number of fused-ring (bicyclic) bond motifs is 1. The Kier molecular flexibility index (Phi) is 3.71. The smallest absolute Gasteiger partial charge is 0.255 e. The lowest BCUT2D eigenvalue weighted by Crippen LogP contribution is -2.29. The predicted molar refractivity (Wildman–Crippen MR) is 99.0 cm³/mol. The van der Waals surface area contributed by atoms with Crippen molar-refractivity contribution in [3.63, 3.8) is 0 Å². The molecule has 5 heterocycles. The van der Waals surface area contributed by atoms with Crippen molar-refractivity contribution in [3.8, 4) is 11.4 Å². The number of likely N-dealkylation sites (tertiary alicyclic amines) is 1. The summed E-state index contributed by atoms with van der Waals surface area (Å²) in [5.41, 5.74) is 3.19. The molecule has 134 valence electrons. The maximum absolute atomic E-state index is 12.8. The summed E-state index contributed by atoms with van der Waals surface area (Å²) in [7, 11) is 0. The molecule has 0 aliphatic carbocycles. The Balaban J connectivity index is 1.51. The van der Waals surface area contributed by atoms with Gasteiger partial charge in [-0.1, -0.05) is 0 Å². The first-order valence-corrected chi connectivity index (χ1v) is 8.86. The van der Waals surface area contributed by atoms with Crippen molar-refractivity contribution in [2.75, 3.05) is 13.1 Å². The second-order valence-electron chi connectivity index (χ2n) is 6.60. The van der Waals surface area contributed by atoms with Crippen molar-refractivity contribution in [1.82, 2.24) is 24.4 Å². The second-order valence-corrected chi connectivity index (χ2v) is 6.60. The Morgan fingerprint density at radius 2 is 2.11 bits per heavy atom. The third-order valence-electron chi connectivity index (χ3n) is 4.95. The average Bonchev–Trinajstić information content (AvgIpc) is 3.46. The lowest BCUT2D eigenvalue weighted by molar-refractivity contribution is 0.0787. The van der Waals surface area contributed by atoms with Crippen LogP contribution in [-0.4, -0.2) is 43.4 Å². The van der Waals surface area contributed by atoms with Gasteiger partial charge >= 0.3 is 0 Å². The van der Waals surface area contributed by atoms with Gasteiger partial charge in [-0.2, -0.15) is 0 Å². The van der Waals surface area contributed by atoms with E-state index in [1.54, 1.807) is 43.2 Å². The Morgan fingerprint density at radius 3 is 2.93 bits per heavy atom. The number of carbonyl (C=O) groups is 1. The maximum atomic E-state index is 12.8. The fourth-order valence-electron chi connectivity index (χ4n) is 3.68. The highest BCUT2D eigenvalue weighted by Gasteiger charge is 2.31. The van der Waals surface area contributed by atoms with Crippen molar-refractivity contribution >= 4 is 17.1 Å². The van der Waals surface area contributed by atoms with E-state index >= 15 is 0 Å². The minimum atomic E-state index is 0.00726. The summed E-state index contributed by atoms with van der Waals surface area (Å²) in [4.78, 5) is 28.0. The summed E-state index contributed by atoms with van der Waals surface area (Å²) in [5, 5.41) is 0. The molecule has 0 saturated carbocycles. The maximum Gasteiger partial charge on any atom is 0.255 e. The molecule has 27 heavy (non-hydrogen) atoms. The van der Waals surface area contributed by atoms with E-state index in [2.05, 4.69) is 14.5 Å². The Morgan fingerprint density at radius 1 is 1.19 bits per heavy atom. The largest absolute Gasteiger partial charge is 0.472 e. The van der Waals surface area contributed by atoms with Gasteiger partial charge in [0.05, 0.1) is 23.4 Å². The number of pyridine rings is 2. The zero-order valence-corrected chi connectivity index (χ0v) is 14.5. The van der Waals surface area contributed by atoms with Gasteiger partial charge in [-0.05, 0) is 36.8 Å². The van der Waals surface area contributed by atoms with E-state index in [0.29, 0.717) is 18.7 Å². The summed E-state index contributed by atoms with van der Waals surface area (Å²) in [6.07, 6.45) is 9.22. The molecule has 1 atom stereocenters. The molecule has 1 fully saturated rings. The van der Waals surface area contributed by atoms with E-state index in [-0.39, 0.29) is 11.9 Å². The molecule has 1 saturated heterocycles. The van der Waals surface area contributed by atoms with Crippen LogP contribution in [0, 0.1) is 0 Å². The van der Waals surface area contributed by atoms with Gasteiger partial charge in [-0.3, -0.25) is 9.78 Å². The Labute approximate surface area is 155 Å². The van der Waals surface area contributed by atoms with Crippen LogP contribution in [-0.2, 0) is 0 Å². The number of rotatable bonds is 3. The van der Waals surface area contributed by atoms with E-state index in [9.17, 15) is 4.79 Å². The summed E-state index contributed by atoms with van der Waals surface area (Å²) < 4.78 is 7.39. The van der Waals surface area contributed by atoms with Gasteiger partial charge in [0.25, 0.3) is 5.91 Å². The molecule has 0 radical (unpaired) electrons. The number of carbonyl (C=O) groups excluding carboxylic acids is 1. The molecule has 7 heteroatoms. The summed E-state index contributed by atoms with van der Waals surface area (Å²) in [5.74, 6) is 0.825. The monoisotopic (exact) mass is 359 g/mol. The van der Waals surface area contributed by atoms with Gasteiger partial charge < -0.3 is 13.9 Å². The topological polar surface area (TPSA) is 77.0 Å². The highest BCUT2D eigenvalue weighted by Crippen LogP contribution is 2.32. The molecule has 0 N–H and O–H groups in total. The van der Waals surface area contributed by atoms with E-state index in [1.807, 2.05) is 23.1 Å². The van der Waals surface area contributed by atoms with Crippen LogP contribution in [0.3, 0.4) is 0 Å². The van der Waals surface area contributed by atoms with Crippen molar-refractivity contribution in [1.29, 1.82) is 0 Å². The third kappa shape index (κ3) is 2.68. The molecule has 0 aromatic carbocycles. The lowest BCUT2D eigenvalue weighted by Gasteiger charge is -2.18. The molecule has 0 unspecified atom stereocenters. The minimum absolute atomic E-state index is 0.00726. The zero-order valence-electron chi connectivity index (χ0n) is 14.5. The highest BCUT2D eigenvalue weighted by molar-refractivity contribution is 5.94. The first kappa shape index (κ1) is 15.7. The first-order chi connectivity index (χ1) is 13.3. The lowest BCUT2D eigenvalue weighted by atomic mass is 10.2. The van der Waals surface area contributed by atoms with Crippen LogP contribution in [0.1, 0.15) is 22.8 Å². The number of hydrogen-bond acceptors (Lipinski definition) is 5. The fourth-order valence-corrected chi connectivity index (χ4v) is 3.68. The molecule has 0 spiro atoms. The average molecular weight is 359 g/mol. The number of aromatic nitrogens is 4. The Bertz CT molecular complexity index is 1090. The standard InChI is InChI=1S/C20H17N5O2/c26-20(14-3-1-7-21-11-14)24-9-5-16(12-24)25-18(15-6-10-27-13-15)23-17-4-2-8-22-19(17)25/h1-4,6-8,10-11,13,16H,5,9,12H2/t16-/m1/s1. The zero-order chi connectivity index (χ0) is 18.2. The summed E-state index contributed by atoms with van der Waals surface area (Å²) >= 11 is 0. The quantitative estimate of drug-likeness (QED) is 0.561. The van der Waals surface area contributed by atoms with Crippen molar-refractivity contribution in [3.05, 3.63) is 67.0 Å². The van der Waals surface area contributed by atoms with E-state index < -0.39 is 0 Å². The fraction of sp³-hybridized carbons (Fsp3) is 0.200. The molecular formula is C20H17N5O2. The second kappa shape index (κ2) is 6.35. The van der Waals surface area contributed by atoms with Crippen LogP contribution in [0.5, 0.6) is 0 Å². The molecular weight excluding hydrogens is 342 g/mol. The van der Waals surface area contributed by atoms with Gasteiger partial charge in [0.1, 0.15) is 17.6 Å². The highest BCUT2D eigenvalue weighted by atomic mass is 16.3. The van der Waals surface area contributed by atoms with Crippen LogP contribution in [0.4, 0.5) is 0 Å². The molecule has 5 rings (SSSR count). The van der Waals surface area contributed by atoms with Crippen LogP contribution < -0.4 is 0 Å². The molecule has 4 aromatic rings. The molecule has 0 bridgehead atoms. The number of nitrogens with zero attached hydrogens (tertiary/aromatic N) is 5. The molecule has 1 aliphatic heterocycles. The van der Waals surface area contributed by atoms with Crippen molar-refractivity contribution < 1.29 is 9.21 Å². The molecule has 1 amide bonds. The first-order valence-electron chi connectivity index (χ1n) is 8.86. The third-order valence-corrected chi connectivity index (χ3v) is 4.95. The number of hydrogen-bond donors (Lipinski definition) is 0. The van der Waals surface area contributed by atoms with Crippen LogP contribution >= 0.6 is 0 Å². The van der Waals surface area contributed by atoms with E-state index in [0.717, 1.165) is 29.0 Å². The SMILES string of the molecule is O=C(c1cccnc1)N1CC[C@@H](n2c(-c3ccoc3)nc3cccnc32)C1. The van der Waals surface area contributed by atoms with Crippen LogP contribution in [0.15, 0.2) is 65.9 Å². The Hall–Kier alpha value is -3.48. The molecule has 7 nitrogen and oxygen atoms in total. The van der Waals surface area contributed by atoms with Crippen molar-refractivity contribution in [2.24, 2.45) is 0 Å². The minimum Gasteiger partial charge on any atom is -0.472 e. The van der Waals surface area contributed by atoms with E-state index in [1.165, 1.54) is 0 Å². The predicted octanol–water partition coefficient (Wildman–Crippen LogP) is 3.17. The number of furan rings is 1. The van der Waals surface area contributed by atoms with E-state index in [4.69, 9.17) is 9.40 Å². The summed E-state index contributed by atoms with van der Waals surface area (Å²) in [6.45, 7) is 1.30. The van der Waals surface area contributed by atoms with Gasteiger partial charge in [0, 0.05) is 31.7 Å². The van der Waals surface area contributed by atoms with Crippen LogP contribution in [0.2, 0.25) is 0 Å².